The summed E-state index contributed by atoms with van der Waals surface area (Å²) >= 11 is 0. The van der Waals surface area contributed by atoms with Crippen LogP contribution in [0.3, 0.4) is 0 Å². The first-order valence-corrected chi connectivity index (χ1v) is 10.4. The normalized spacial score (nSPS) is 16.6. The van der Waals surface area contributed by atoms with Crippen LogP contribution in [0.4, 0.5) is 0 Å². The Labute approximate surface area is 151 Å². The molecule has 140 valence electrons. The van der Waals surface area contributed by atoms with Gasteiger partial charge in [0, 0.05) is 24.7 Å². The fourth-order valence-electron chi connectivity index (χ4n) is 2.98. The first-order chi connectivity index (χ1) is 11.9. The van der Waals surface area contributed by atoms with Gasteiger partial charge in [0.15, 0.2) is 0 Å². The van der Waals surface area contributed by atoms with Crippen LogP contribution in [0.25, 0.3) is 0 Å². The molecule has 1 aliphatic carbocycles. The molecule has 2 rings (SSSR count). The number of rotatable bonds is 7. The summed E-state index contributed by atoms with van der Waals surface area (Å²) in [6.45, 7) is 0.939. The van der Waals surface area contributed by atoms with Gasteiger partial charge < -0.3 is 10.2 Å². The topological polar surface area (TPSA) is 78.5 Å². The Morgan fingerprint density at radius 1 is 1.16 bits per heavy atom. The third kappa shape index (κ3) is 6.41. The number of hydrogen-bond donors (Lipinski definition) is 2. The fourth-order valence-corrected chi connectivity index (χ4v) is 4.05. The highest BCUT2D eigenvalue weighted by atomic mass is 32.2. The maximum atomic E-state index is 12.5. The fraction of sp³-hybridized carbons (Fsp3) is 0.611. The number of hydrogen-bond acceptors (Lipinski definition) is 4. The van der Waals surface area contributed by atoms with Crippen molar-refractivity contribution in [2.45, 2.75) is 49.5 Å². The smallest absolute Gasteiger partial charge is 0.251 e. The van der Waals surface area contributed by atoms with Crippen molar-refractivity contribution < 1.29 is 13.2 Å². The SMILES string of the molecule is CN(C)CCNS(=O)(=O)c1cccc(C(=O)NC2CCCCCC2)c1. The molecule has 0 atom stereocenters. The summed E-state index contributed by atoms with van der Waals surface area (Å²) in [4.78, 5) is 14.5. The van der Waals surface area contributed by atoms with Crippen LogP contribution in [0, 0.1) is 0 Å². The maximum Gasteiger partial charge on any atom is 0.251 e. The van der Waals surface area contributed by atoms with Crippen LogP contribution in [0.5, 0.6) is 0 Å². The molecule has 0 saturated heterocycles. The second-order valence-corrected chi connectivity index (χ2v) is 8.66. The third-order valence-corrected chi connectivity index (χ3v) is 5.91. The number of likely N-dealkylation sites (N-methyl/N-ethyl adjacent to an activating group) is 1. The Morgan fingerprint density at radius 3 is 2.48 bits per heavy atom. The van der Waals surface area contributed by atoms with Gasteiger partial charge in [0.05, 0.1) is 4.90 Å². The van der Waals surface area contributed by atoms with E-state index >= 15 is 0 Å². The van der Waals surface area contributed by atoms with Crippen molar-refractivity contribution in [2.75, 3.05) is 27.2 Å². The molecule has 1 saturated carbocycles. The molecule has 25 heavy (non-hydrogen) atoms. The molecule has 0 aromatic heterocycles. The second-order valence-electron chi connectivity index (χ2n) is 6.89. The molecule has 0 aliphatic heterocycles. The minimum absolute atomic E-state index is 0.125. The van der Waals surface area contributed by atoms with Crippen LogP contribution in [0.15, 0.2) is 29.2 Å². The van der Waals surface area contributed by atoms with Gasteiger partial charge in [-0.25, -0.2) is 13.1 Å². The van der Waals surface area contributed by atoms with Gasteiger partial charge >= 0.3 is 0 Å². The predicted octanol–water partition coefficient (Wildman–Crippen LogP) is 1.98. The van der Waals surface area contributed by atoms with E-state index in [-0.39, 0.29) is 16.8 Å². The average Bonchev–Trinajstić information content (AvgIpc) is 2.83. The minimum Gasteiger partial charge on any atom is -0.349 e. The molecule has 0 heterocycles. The van der Waals surface area contributed by atoms with Crippen molar-refractivity contribution >= 4 is 15.9 Å². The van der Waals surface area contributed by atoms with Crippen molar-refractivity contribution in [1.82, 2.24) is 14.9 Å². The van der Waals surface area contributed by atoms with Gasteiger partial charge in [0.2, 0.25) is 10.0 Å². The van der Waals surface area contributed by atoms with Gasteiger partial charge in [-0.1, -0.05) is 31.7 Å². The highest BCUT2D eigenvalue weighted by molar-refractivity contribution is 7.89. The average molecular weight is 368 g/mol. The summed E-state index contributed by atoms with van der Waals surface area (Å²) in [7, 11) is 0.156. The molecule has 0 bridgehead atoms. The summed E-state index contributed by atoms with van der Waals surface area (Å²) in [6, 6.07) is 6.42. The first-order valence-electron chi connectivity index (χ1n) is 8.94. The Bertz CT molecular complexity index is 666. The van der Waals surface area contributed by atoms with E-state index < -0.39 is 10.0 Å². The molecular formula is C18H29N3O3S. The molecule has 1 fully saturated rings. The lowest BCUT2D eigenvalue weighted by Gasteiger charge is -2.16. The first kappa shape index (κ1) is 19.9. The van der Waals surface area contributed by atoms with Crippen LogP contribution in [-0.2, 0) is 10.0 Å². The summed E-state index contributed by atoms with van der Waals surface area (Å²) in [6.07, 6.45) is 6.70. The summed E-state index contributed by atoms with van der Waals surface area (Å²) < 4.78 is 27.3. The second kappa shape index (κ2) is 9.31. The van der Waals surface area contributed by atoms with E-state index in [0.29, 0.717) is 18.7 Å². The Balaban J connectivity index is 2.02. The van der Waals surface area contributed by atoms with Crippen molar-refractivity contribution in [3.05, 3.63) is 29.8 Å². The molecular weight excluding hydrogens is 338 g/mol. The van der Waals surface area contributed by atoms with Gasteiger partial charge in [-0.05, 0) is 45.1 Å². The zero-order valence-corrected chi connectivity index (χ0v) is 15.9. The van der Waals surface area contributed by atoms with Crippen LogP contribution in [0.2, 0.25) is 0 Å². The summed E-state index contributed by atoms with van der Waals surface area (Å²) in [5, 5.41) is 3.05. The standard InChI is InChI=1S/C18H29N3O3S/c1-21(2)13-12-19-25(23,24)17-11-7-8-15(14-17)18(22)20-16-9-5-3-4-6-10-16/h7-8,11,14,16,19H,3-6,9-10,12-13H2,1-2H3,(H,20,22). The van der Waals surface area contributed by atoms with Crippen LogP contribution in [-0.4, -0.2) is 52.5 Å². The lowest BCUT2D eigenvalue weighted by molar-refractivity contribution is 0.0933. The largest absolute Gasteiger partial charge is 0.349 e. The molecule has 1 amide bonds. The number of carbonyl (C=O) groups is 1. The van der Waals surface area contributed by atoms with E-state index in [9.17, 15) is 13.2 Å². The molecule has 0 spiro atoms. The van der Waals surface area contributed by atoms with E-state index in [4.69, 9.17) is 0 Å². The summed E-state index contributed by atoms with van der Waals surface area (Å²) in [5.74, 6) is -0.197. The third-order valence-electron chi connectivity index (χ3n) is 4.45. The van der Waals surface area contributed by atoms with Gasteiger partial charge in [0.1, 0.15) is 0 Å². The number of benzene rings is 1. The van der Waals surface area contributed by atoms with Gasteiger partial charge in [0.25, 0.3) is 5.91 Å². The lowest BCUT2D eigenvalue weighted by Crippen LogP contribution is -2.34. The minimum atomic E-state index is -3.61. The van der Waals surface area contributed by atoms with Crippen molar-refractivity contribution in [2.24, 2.45) is 0 Å². The van der Waals surface area contributed by atoms with E-state index in [2.05, 4.69) is 10.0 Å². The van der Waals surface area contributed by atoms with Gasteiger partial charge in [-0.15, -0.1) is 0 Å². The molecule has 0 unspecified atom stereocenters. The van der Waals surface area contributed by atoms with E-state index in [1.165, 1.54) is 25.0 Å². The number of nitrogens with one attached hydrogen (secondary N) is 2. The van der Waals surface area contributed by atoms with Gasteiger partial charge in [-0.2, -0.15) is 0 Å². The maximum absolute atomic E-state index is 12.5. The van der Waals surface area contributed by atoms with Crippen LogP contribution < -0.4 is 10.0 Å². The lowest BCUT2D eigenvalue weighted by atomic mass is 10.1. The molecule has 7 heteroatoms. The van der Waals surface area contributed by atoms with E-state index in [1.54, 1.807) is 12.1 Å². The number of amides is 1. The zero-order valence-electron chi connectivity index (χ0n) is 15.1. The Hall–Kier alpha value is -1.44. The van der Waals surface area contributed by atoms with Gasteiger partial charge in [-0.3, -0.25) is 4.79 Å². The van der Waals surface area contributed by atoms with E-state index in [1.807, 2.05) is 19.0 Å². The zero-order chi connectivity index (χ0) is 18.3. The highest BCUT2D eigenvalue weighted by Gasteiger charge is 2.18. The predicted molar refractivity (Wildman–Crippen MR) is 99.1 cm³/mol. The Morgan fingerprint density at radius 2 is 1.84 bits per heavy atom. The monoisotopic (exact) mass is 367 g/mol. The molecule has 0 radical (unpaired) electrons. The number of carbonyl (C=O) groups excluding carboxylic acids is 1. The Kier molecular flexibility index (Phi) is 7.40. The molecule has 2 N–H and O–H groups in total. The summed E-state index contributed by atoms with van der Waals surface area (Å²) in [5.41, 5.74) is 0.389. The van der Waals surface area contributed by atoms with Crippen molar-refractivity contribution in [3.63, 3.8) is 0 Å². The van der Waals surface area contributed by atoms with Crippen molar-refractivity contribution in [3.8, 4) is 0 Å². The van der Waals surface area contributed by atoms with Crippen molar-refractivity contribution in [1.29, 1.82) is 0 Å². The number of sulfonamides is 1. The van der Waals surface area contributed by atoms with E-state index in [0.717, 1.165) is 25.7 Å². The highest BCUT2D eigenvalue weighted by Crippen LogP contribution is 2.18. The van der Waals surface area contributed by atoms with Crippen LogP contribution >= 0.6 is 0 Å². The quantitative estimate of drug-likeness (QED) is 0.723. The molecule has 6 nitrogen and oxygen atoms in total. The van der Waals surface area contributed by atoms with Crippen LogP contribution in [0.1, 0.15) is 48.9 Å². The molecule has 1 aliphatic rings. The molecule has 1 aromatic carbocycles. The number of nitrogens with zero attached hydrogens (tertiary/aromatic N) is 1. The molecule has 1 aromatic rings.